The topological polar surface area (TPSA) is 29.3 Å². The van der Waals surface area contributed by atoms with Gasteiger partial charge < -0.3 is 5.73 Å². The Labute approximate surface area is 113 Å². The van der Waals surface area contributed by atoms with E-state index in [0.717, 1.165) is 25.1 Å². The van der Waals surface area contributed by atoms with Crippen molar-refractivity contribution in [2.24, 2.45) is 11.7 Å². The molecule has 0 bridgehead atoms. The highest BCUT2D eigenvalue weighted by Gasteiger charge is 2.27. The Kier molecular flexibility index (Phi) is 4.25. The molecule has 0 amide bonds. The van der Waals surface area contributed by atoms with E-state index in [0.29, 0.717) is 10.9 Å². The second-order valence-corrected chi connectivity index (χ2v) is 5.80. The van der Waals surface area contributed by atoms with Gasteiger partial charge in [0.2, 0.25) is 0 Å². The summed E-state index contributed by atoms with van der Waals surface area (Å²) >= 11 is 6.12. The Morgan fingerprint density at radius 2 is 2.17 bits per heavy atom. The number of benzene rings is 1. The quantitative estimate of drug-likeness (QED) is 0.894. The zero-order chi connectivity index (χ0) is 13.3. The zero-order valence-electron chi connectivity index (χ0n) is 10.9. The molecule has 2 N–H and O–H groups in total. The summed E-state index contributed by atoms with van der Waals surface area (Å²) in [5.41, 5.74) is 7.03. The Morgan fingerprint density at radius 1 is 1.44 bits per heavy atom. The average molecular weight is 271 g/mol. The largest absolute Gasteiger partial charge is 0.327 e. The molecule has 1 aliphatic rings. The van der Waals surface area contributed by atoms with Crippen LogP contribution in [-0.2, 0) is 0 Å². The summed E-state index contributed by atoms with van der Waals surface area (Å²) in [6, 6.07) is 5.00. The third kappa shape index (κ3) is 3.02. The van der Waals surface area contributed by atoms with Crippen LogP contribution in [0.1, 0.15) is 31.9 Å². The van der Waals surface area contributed by atoms with Gasteiger partial charge in [0, 0.05) is 30.2 Å². The fourth-order valence-electron chi connectivity index (χ4n) is 2.80. The summed E-state index contributed by atoms with van der Waals surface area (Å²) in [5, 5.41) is 0.495. The first-order valence-electron chi connectivity index (χ1n) is 6.42. The minimum Gasteiger partial charge on any atom is -0.327 e. The molecule has 4 heteroatoms. The lowest BCUT2D eigenvalue weighted by Gasteiger charge is -2.39. The van der Waals surface area contributed by atoms with E-state index in [-0.39, 0.29) is 17.9 Å². The van der Waals surface area contributed by atoms with Crippen LogP contribution in [0.15, 0.2) is 18.2 Å². The molecule has 2 nitrogen and oxygen atoms in total. The van der Waals surface area contributed by atoms with Crippen LogP contribution in [0.3, 0.4) is 0 Å². The minimum atomic E-state index is -0.292. The number of piperidine rings is 1. The Balaban J connectivity index is 2.17. The van der Waals surface area contributed by atoms with Crippen LogP contribution in [0.25, 0.3) is 0 Å². The molecule has 3 unspecified atom stereocenters. The first kappa shape index (κ1) is 13.8. The van der Waals surface area contributed by atoms with Crippen molar-refractivity contribution < 1.29 is 4.39 Å². The molecule has 1 aromatic carbocycles. The molecular formula is C14H20ClFN2. The number of hydrogen-bond acceptors (Lipinski definition) is 2. The maximum atomic E-state index is 13.1. The predicted octanol–water partition coefficient (Wildman–Crippen LogP) is 3.21. The van der Waals surface area contributed by atoms with Crippen molar-refractivity contribution in [2.75, 3.05) is 13.1 Å². The van der Waals surface area contributed by atoms with Gasteiger partial charge in [0.15, 0.2) is 0 Å². The number of nitrogens with zero attached hydrogens (tertiary/aromatic N) is 1. The highest BCUT2D eigenvalue weighted by atomic mass is 35.5. The average Bonchev–Trinajstić information content (AvgIpc) is 2.26. The number of hydrogen-bond donors (Lipinski definition) is 1. The second-order valence-electron chi connectivity index (χ2n) is 5.40. The summed E-state index contributed by atoms with van der Waals surface area (Å²) in [7, 11) is 0. The van der Waals surface area contributed by atoms with Gasteiger partial charge in [-0.05, 0) is 37.0 Å². The van der Waals surface area contributed by atoms with Crippen LogP contribution in [0.2, 0.25) is 5.02 Å². The monoisotopic (exact) mass is 270 g/mol. The molecule has 100 valence electrons. The third-order valence-electron chi connectivity index (χ3n) is 3.68. The van der Waals surface area contributed by atoms with Crippen LogP contribution in [-0.4, -0.2) is 24.0 Å². The predicted molar refractivity (Wildman–Crippen MR) is 73.2 cm³/mol. The van der Waals surface area contributed by atoms with Gasteiger partial charge >= 0.3 is 0 Å². The van der Waals surface area contributed by atoms with Crippen molar-refractivity contribution in [3.05, 3.63) is 34.6 Å². The van der Waals surface area contributed by atoms with E-state index in [9.17, 15) is 4.39 Å². The van der Waals surface area contributed by atoms with E-state index in [4.69, 9.17) is 17.3 Å². The molecule has 18 heavy (non-hydrogen) atoms. The summed E-state index contributed by atoms with van der Waals surface area (Å²) in [4.78, 5) is 2.33. The minimum absolute atomic E-state index is 0.173. The van der Waals surface area contributed by atoms with E-state index in [2.05, 4.69) is 18.7 Å². The molecule has 0 radical (unpaired) electrons. The van der Waals surface area contributed by atoms with Crippen molar-refractivity contribution in [3.63, 3.8) is 0 Å². The lowest BCUT2D eigenvalue weighted by Crippen LogP contribution is -2.47. The fourth-order valence-corrected chi connectivity index (χ4v) is 3.12. The van der Waals surface area contributed by atoms with Gasteiger partial charge in [-0.1, -0.05) is 24.6 Å². The number of nitrogens with two attached hydrogens (primary N) is 1. The van der Waals surface area contributed by atoms with Crippen LogP contribution >= 0.6 is 11.6 Å². The van der Waals surface area contributed by atoms with Gasteiger partial charge in [-0.2, -0.15) is 0 Å². The zero-order valence-corrected chi connectivity index (χ0v) is 11.6. The SMILES string of the molecule is CC1CC(N)CN(C(C)c2ccc(F)cc2Cl)C1. The molecule has 0 spiro atoms. The van der Waals surface area contributed by atoms with E-state index in [1.807, 2.05) is 0 Å². The van der Waals surface area contributed by atoms with Crippen molar-refractivity contribution in [2.45, 2.75) is 32.4 Å². The van der Waals surface area contributed by atoms with E-state index < -0.39 is 0 Å². The third-order valence-corrected chi connectivity index (χ3v) is 4.01. The van der Waals surface area contributed by atoms with E-state index in [1.165, 1.54) is 12.1 Å². The Morgan fingerprint density at radius 3 is 2.78 bits per heavy atom. The molecular weight excluding hydrogens is 251 g/mol. The van der Waals surface area contributed by atoms with E-state index in [1.54, 1.807) is 6.07 Å². The number of likely N-dealkylation sites (tertiary alicyclic amines) is 1. The van der Waals surface area contributed by atoms with Crippen molar-refractivity contribution in [3.8, 4) is 0 Å². The number of rotatable bonds is 2. The summed E-state index contributed by atoms with van der Waals surface area (Å²) in [6.45, 7) is 6.21. The highest BCUT2D eigenvalue weighted by Crippen LogP contribution is 2.30. The molecule has 0 aromatic heterocycles. The molecule has 1 fully saturated rings. The van der Waals surface area contributed by atoms with Crippen LogP contribution in [0, 0.1) is 11.7 Å². The summed E-state index contributed by atoms with van der Waals surface area (Å²) in [5.74, 6) is 0.301. The van der Waals surface area contributed by atoms with Crippen LogP contribution in [0.4, 0.5) is 4.39 Å². The second kappa shape index (κ2) is 5.55. The first-order valence-corrected chi connectivity index (χ1v) is 6.79. The van der Waals surface area contributed by atoms with Gasteiger partial charge in [-0.3, -0.25) is 4.90 Å². The van der Waals surface area contributed by atoms with Gasteiger partial charge in [0.1, 0.15) is 5.82 Å². The molecule has 3 atom stereocenters. The van der Waals surface area contributed by atoms with Gasteiger partial charge in [0.05, 0.1) is 0 Å². The van der Waals surface area contributed by atoms with Crippen molar-refractivity contribution >= 4 is 11.6 Å². The Bertz CT molecular complexity index is 414. The molecule has 1 aromatic rings. The summed E-state index contributed by atoms with van der Waals surface area (Å²) < 4.78 is 13.1. The normalized spacial score (nSPS) is 27.2. The van der Waals surface area contributed by atoms with Gasteiger partial charge in [-0.15, -0.1) is 0 Å². The Hall–Kier alpha value is -0.640. The molecule has 1 saturated heterocycles. The standard InChI is InChI=1S/C14H20ClFN2/c1-9-5-12(17)8-18(7-9)10(2)13-4-3-11(16)6-14(13)15/h3-4,6,9-10,12H,5,7-8,17H2,1-2H3. The van der Waals surface area contributed by atoms with Crippen molar-refractivity contribution in [1.82, 2.24) is 4.90 Å². The van der Waals surface area contributed by atoms with Gasteiger partial charge in [0.25, 0.3) is 0 Å². The molecule has 0 saturated carbocycles. The maximum Gasteiger partial charge on any atom is 0.124 e. The molecule has 1 aliphatic heterocycles. The molecule has 0 aliphatic carbocycles. The lowest BCUT2D eigenvalue weighted by molar-refractivity contribution is 0.124. The lowest BCUT2D eigenvalue weighted by atomic mass is 9.94. The fraction of sp³-hybridized carbons (Fsp3) is 0.571. The molecule has 1 heterocycles. The highest BCUT2D eigenvalue weighted by molar-refractivity contribution is 6.31. The van der Waals surface area contributed by atoms with Crippen molar-refractivity contribution in [1.29, 1.82) is 0 Å². The molecule has 2 rings (SSSR count). The van der Waals surface area contributed by atoms with Crippen LogP contribution < -0.4 is 5.73 Å². The maximum absolute atomic E-state index is 13.1. The van der Waals surface area contributed by atoms with E-state index >= 15 is 0 Å². The smallest absolute Gasteiger partial charge is 0.124 e. The number of halogens is 2. The summed E-state index contributed by atoms with van der Waals surface area (Å²) in [6.07, 6.45) is 1.07. The van der Waals surface area contributed by atoms with Gasteiger partial charge in [-0.25, -0.2) is 4.39 Å². The first-order chi connectivity index (χ1) is 8.47. The van der Waals surface area contributed by atoms with Crippen LogP contribution in [0.5, 0.6) is 0 Å².